The third-order valence-electron chi connectivity index (χ3n) is 6.40. The van der Waals surface area contributed by atoms with Crippen LogP contribution in [0, 0.1) is 0 Å². The van der Waals surface area contributed by atoms with Gasteiger partial charge in [0, 0.05) is 24.6 Å². The van der Waals surface area contributed by atoms with Gasteiger partial charge in [-0.15, -0.1) is 0 Å². The first-order valence-electron chi connectivity index (χ1n) is 10.1. The molecule has 3 fully saturated rings. The van der Waals surface area contributed by atoms with Crippen molar-refractivity contribution in [1.82, 2.24) is 15.0 Å². The normalized spacial score (nSPS) is 26.9. The van der Waals surface area contributed by atoms with E-state index in [-0.39, 0.29) is 17.6 Å². The zero-order valence-corrected chi connectivity index (χ0v) is 15.5. The van der Waals surface area contributed by atoms with Gasteiger partial charge >= 0.3 is 0 Å². The maximum atomic E-state index is 12.9. The predicted molar refractivity (Wildman–Crippen MR) is 98.3 cm³/mol. The summed E-state index contributed by atoms with van der Waals surface area (Å²) in [6.45, 7) is 1.51. The topological polar surface area (TPSA) is 68.5 Å². The lowest BCUT2D eigenvalue weighted by Crippen LogP contribution is -2.45. The van der Waals surface area contributed by atoms with Gasteiger partial charge in [-0.05, 0) is 57.1 Å². The Kier molecular flexibility index (Phi) is 4.23. The zero-order valence-electron chi connectivity index (χ0n) is 15.5. The summed E-state index contributed by atoms with van der Waals surface area (Å²) in [6.07, 6.45) is 7.32. The Morgan fingerprint density at radius 3 is 2.78 bits per heavy atom. The van der Waals surface area contributed by atoms with Crippen LogP contribution in [0.1, 0.15) is 79.0 Å². The van der Waals surface area contributed by atoms with Crippen molar-refractivity contribution < 1.29 is 14.1 Å². The van der Waals surface area contributed by atoms with Crippen molar-refractivity contribution in [3.63, 3.8) is 0 Å². The van der Waals surface area contributed by atoms with Gasteiger partial charge in [0.1, 0.15) is 6.04 Å². The Labute approximate surface area is 158 Å². The maximum absolute atomic E-state index is 12.9. The summed E-state index contributed by atoms with van der Waals surface area (Å²) in [4.78, 5) is 19.5. The Balaban J connectivity index is 1.33. The highest BCUT2D eigenvalue weighted by Crippen LogP contribution is 2.46. The molecular formula is C21H25N3O3. The van der Waals surface area contributed by atoms with Crippen molar-refractivity contribution in [1.29, 1.82) is 0 Å². The number of amides is 1. The van der Waals surface area contributed by atoms with Crippen LogP contribution in [0.5, 0.6) is 0 Å². The SMILES string of the molecule is O=C(c1ccccc1)N1CCC[C@@H]1c1nc(C2CCOC3(CCC3)C2)no1. The molecule has 2 saturated heterocycles. The van der Waals surface area contributed by atoms with E-state index in [0.29, 0.717) is 17.4 Å². The van der Waals surface area contributed by atoms with Crippen LogP contribution in [0.4, 0.5) is 0 Å². The molecule has 0 radical (unpaired) electrons. The molecule has 0 N–H and O–H groups in total. The molecule has 2 atom stereocenters. The van der Waals surface area contributed by atoms with Crippen LogP contribution < -0.4 is 0 Å². The largest absolute Gasteiger partial charge is 0.375 e. The quantitative estimate of drug-likeness (QED) is 0.824. The van der Waals surface area contributed by atoms with Crippen LogP contribution in [0.2, 0.25) is 0 Å². The molecule has 1 amide bonds. The number of benzene rings is 1. The van der Waals surface area contributed by atoms with E-state index in [0.717, 1.165) is 57.5 Å². The predicted octanol–water partition coefficient (Wildman–Crippen LogP) is 3.86. The first-order chi connectivity index (χ1) is 13.2. The van der Waals surface area contributed by atoms with Gasteiger partial charge in [-0.1, -0.05) is 23.4 Å². The molecule has 2 aromatic rings. The monoisotopic (exact) mass is 367 g/mol. The molecule has 1 spiro atoms. The molecule has 6 heteroatoms. The second kappa shape index (κ2) is 6.75. The van der Waals surface area contributed by atoms with Gasteiger partial charge in [0.05, 0.1) is 5.60 Å². The first-order valence-corrected chi connectivity index (χ1v) is 10.1. The molecule has 1 aromatic heterocycles. The number of aromatic nitrogens is 2. The van der Waals surface area contributed by atoms with Crippen LogP contribution in [0.3, 0.4) is 0 Å². The summed E-state index contributed by atoms with van der Waals surface area (Å²) >= 11 is 0. The van der Waals surface area contributed by atoms with Crippen molar-refractivity contribution >= 4 is 5.91 Å². The van der Waals surface area contributed by atoms with Gasteiger partial charge in [0.25, 0.3) is 5.91 Å². The number of carbonyl (C=O) groups is 1. The molecule has 1 aliphatic carbocycles. The van der Waals surface area contributed by atoms with Gasteiger partial charge in [-0.3, -0.25) is 4.79 Å². The highest BCUT2D eigenvalue weighted by atomic mass is 16.5. The van der Waals surface area contributed by atoms with E-state index >= 15 is 0 Å². The van der Waals surface area contributed by atoms with Crippen molar-refractivity contribution in [3.05, 3.63) is 47.6 Å². The van der Waals surface area contributed by atoms with E-state index < -0.39 is 0 Å². The van der Waals surface area contributed by atoms with Crippen molar-refractivity contribution in [2.45, 2.75) is 62.5 Å². The summed E-state index contributed by atoms with van der Waals surface area (Å²) in [5, 5.41) is 4.30. The van der Waals surface area contributed by atoms with E-state index in [1.165, 1.54) is 6.42 Å². The summed E-state index contributed by atoms with van der Waals surface area (Å²) in [7, 11) is 0. The molecule has 5 rings (SSSR count). The Morgan fingerprint density at radius 1 is 1.15 bits per heavy atom. The fourth-order valence-electron chi connectivity index (χ4n) is 4.73. The Hall–Kier alpha value is -2.21. The van der Waals surface area contributed by atoms with Gasteiger partial charge in [0.2, 0.25) is 5.89 Å². The molecule has 142 valence electrons. The lowest BCUT2D eigenvalue weighted by Gasteiger charge is -2.46. The summed E-state index contributed by atoms with van der Waals surface area (Å²) in [6, 6.07) is 9.31. The first kappa shape index (κ1) is 16.9. The number of likely N-dealkylation sites (tertiary alicyclic amines) is 1. The van der Waals surface area contributed by atoms with Crippen molar-refractivity contribution in [3.8, 4) is 0 Å². The Bertz CT molecular complexity index is 815. The third-order valence-corrected chi connectivity index (χ3v) is 6.40. The zero-order chi connectivity index (χ0) is 18.3. The molecule has 1 aromatic carbocycles. The number of ether oxygens (including phenoxy) is 1. The van der Waals surface area contributed by atoms with Gasteiger partial charge in [0.15, 0.2) is 5.82 Å². The molecule has 27 heavy (non-hydrogen) atoms. The number of carbonyl (C=O) groups excluding carboxylic acids is 1. The van der Waals surface area contributed by atoms with Gasteiger partial charge < -0.3 is 14.2 Å². The van der Waals surface area contributed by atoms with Crippen LogP contribution in [-0.4, -0.2) is 39.7 Å². The number of rotatable bonds is 3. The molecule has 6 nitrogen and oxygen atoms in total. The van der Waals surface area contributed by atoms with Crippen molar-refractivity contribution in [2.75, 3.05) is 13.2 Å². The van der Waals surface area contributed by atoms with E-state index in [9.17, 15) is 4.79 Å². The second-order valence-corrected chi connectivity index (χ2v) is 8.09. The Morgan fingerprint density at radius 2 is 2.00 bits per heavy atom. The molecule has 3 aliphatic rings. The lowest BCUT2D eigenvalue weighted by atomic mass is 9.72. The van der Waals surface area contributed by atoms with E-state index in [4.69, 9.17) is 14.2 Å². The van der Waals surface area contributed by atoms with Crippen molar-refractivity contribution in [2.24, 2.45) is 0 Å². The molecular weight excluding hydrogens is 342 g/mol. The standard InChI is InChI=1S/C21H25N3O3/c25-20(15-6-2-1-3-7-15)24-12-4-8-17(24)19-22-18(23-27-19)16-9-13-26-21(14-16)10-5-11-21/h1-3,6-7,16-17H,4-5,8-14H2/t16?,17-/m1/s1. The van der Waals surface area contributed by atoms with E-state index in [1.807, 2.05) is 35.2 Å². The average Bonchev–Trinajstić information content (AvgIpc) is 3.36. The van der Waals surface area contributed by atoms with Crippen LogP contribution in [0.15, 0.2) is 34.9 Å². The minimum Gasteiger partial charge on any atom is -0.375 e. The van der Waals surface area contributed by atoms with Crippen LogP contribution in [-0.2, 0) is 4.74 Å². The van der Waals surface area contributed by atoms with E-state index in [2.05, 4.69) is 5.16 Å². The highest BCUT2D eigenvalue weighted by Gasteiger charge is 2.44. The minimum absolute atomic E-state index is 0.0392. The second-order valence-electron chi connectivity index (χ2n) is 8.09. The maximum Gasteiger partial charge on any atom is 0.254 e. The number of nitrogens with zero attached hydrogens (tertiary/aromatic N) is 3. The van der Waals surface area contributed by atoms with Gasteiger partial charge in [-0.25, -0.2) is 0 Å². The van der Waals surface area contributed by atoms with Gasteiger partial charge in [-0.2, -0.15) is 4.98 Å². The fraction of sp³-hybridized carbons (Fsp3) is 0.571. The molecule has 0 bridgehead atoms. The lowest BCUT2D eigenvalue weighted by molar-refractivity contribution is -0.134. The molecule has 1 saturated carbocycles. The van der Waals surface area contributed by atoms with Crippen LogP contribution in [0.25, 0.3) is 0 Å². The fourth-order valence-corrected chi connectivity index (χ4v) is 4.73. The summed E-state index contributed by atoms with van der Waals surface area (Å²) in [5.74, 6) is 1.72. The summed E-state index contributed by atoms with van der Waals surface area (Å²) < 4.78 is 11.7. The van der Waals surface area contributed by atoms with E-state index in [1.54, 1.807) is 0 Å². The smallest absolute Gasteiger partial charge is 0.254 e. The highest BCUT2D eigenvalue weighted by molar-refractivity contribution is 5.94. The minimum atomic E-state index is -0.114. The average molecular weight is 367 g/mol. The number of hydrogen-bond donors (Lipinski definition) is 0. The molecule has 2 aliphatic heterocycles. The third kappa shape index (κ3) is 3.06. The molecule has 1 unspecified atom stereocenters. The number of hydrogen-bond acceptors (Lipinski definition) is 5. The van der Waals surface area contributed by atoms with Crippen LogP contribution >= 0.6 is 0 Å². The molecule has 3 heterocycles. The summed E-state index contributed by atoms with van der Waals surface area (Å²) in [5.41, 5.74) is 0.771.